The monoisotopic (exact) mass is 418 g/mol. The van der Waals surface area contributed by atoms with Gasteiger partial charge in [-0.3, -0.25) is 9.59 Å². The molecule has 0 saturated carbocycles. The van der Waals surface area contributed by atoms with Crippen LogP contribution >= 0.6 is 11.8 Å². The van der Waals surface area contributed by atoms with Gasteiger partial charge in [0.15, 0.2) is 5.16 Å². The van der Waals surface area contributed by atoms with Crippen molar-refractivity contribution >= 4 is 29.3 Å². The summed E-state index contributed by atoms with van der Waals surface area (Å²) < 4.78 is 6.66. The summed E-state index contributed by atoms with van der Waals surface area (Å²) in [6.45, 7) is 10.6. The van der Waals surface area contributed by atoms with Gasteiger partial charge in [-0.1, -0.05) is 57.7 Å². The van der Waals surface area contributed by atoms with Crippen LogP contribution in [-0.2, 0) is 27.8 Å². The minimum Gasteiger partial charge on any atom is -0.466 e. The third-order valence-corrected chi connectivity index (χ3v) is 5.52. The van der Waals surface area contributed by atoms with E-state index in [9.17, 15) is 9.59 Å². The molecule has 2 rings (SSSR count). The Morgan fingerprint density at radius 2 is 1.76 bits per heavy atom. The lowest BCUT2D eigenvalue weighted by Crippen LogP contribution is -2.18. The molecule has 8 heteroatoms. The Hall–Kier alpha value is -2.35. The maximum Gasteiger partial charge on any atom is 0.313 e. The van der Waals surface area contributed by atoms with E-state index in [-0.39, 0.29) is 24.1 Å². The highest BCUT2D eigenvalue weighted by Gasteiger charge is 2.18. The number of rotatable bonds is 9. The summed E-state index contributed by atoms with van der Waals surface area (Å²) in [7, 11) is 1.78. The quantitative estimate of drug-likeness (QED) is 0.491. The van der Waals surface area contributed by atoms with Crippen LogP contribution in [0.2, 0.25) is 0 Å². The van der Waals surface area contributed by atoms with Crippen molar-refractivity contribution in [2.24, 2.45) is 7.05 Å². The standard InChI is InChI=1S/C21H30N4O3S/c1-7-28-19(27)11-17-23-24-21(25(17)6)29-12-18(26)22-20-15(13(2)3)9-8-10-16(20)14(4)5/h8-10,13-14H,7,11-12H2,1-6H3,(H,22,26). The highest BCUT2D eigenvalue weighted by Crippen LogP contribution is 2.32. The zero-order valence-electron chi connectivity index (χ0n) is 18.0. The summed E-state index contributed by atoms with van der Waals surface area (Å²) in [6, 6.07) is 6.16. The summed E-state index contributed by atoms with van der Waals surface area (Å²) >= 11 is 1.29. The van der Waals surface area contributed by atoms with Crippen LogP contribution in [0.3, 0.4) is 0 Å². The number of esters is 1. The van der Waals surface area contributed by atoms with E-state index in [1.54, 1.807) is 18.5 Å². The van der Waals surface area contributed by atoms with Gasteiger partial charge in [-0.2, -0.15) is 0 Å². The van der Waals surface area contributed by atoms with Crippen LogP contribution in [0, 0.1) is 0 Å². The smallest absolute Gasteiger partial charge is 0.313 e. The number of carbonyl (C=O) groups is 2. The second kappa shape index (κ2) is 10.4. The van der Waals surface area contributed by atoms with Crippen LogP contribution in [0.1, 0.15) is 63.4 Å². The number of nitrogens with zero attached hydrogens (tertiary/aromatic N) is 3. The first-order chi connectivity index (χ1) is 13.7. The molecule has 1 amide bonds. The van der Waals surface area contributed by atoms with Crippen molar-refractivity contribution in [2.75, 3.05) is 17.7 Å². The first-order valence-corrected chi connectivity index (χ1v) is 10.8. The lowest BCUT2D eigenvalue weighted by atomic mass is 9.92. The molecule has 7 nitrogen and oxygen atoms in total. The third-order valence-electron chi connectivity index (χ3n) is 4.50. The molecule has 158 valence electrons. The van der Waals surface area contributed by atoms with Crippen LogP contribution in [0.15, 0.2) is 23.4 Å². The van der Waals surface area contributed by atoms with E-state index in [1.807, 2.05) is 6.07 Å². The number of para-hydroxylation sites is 1. The topological polar surface area (TPSA) is 86.1 Å². The van der Waals surface area contributed by atoms with Gasteiger partial charge in [0.25, 0.3) is 0 Å². The van der Waals surface area contributed by atoms with Crippen molar-refractivity contribution in [3.8, 4) is 0 Å². The van der Waals surface area contributed by atoms with Crippen LogP contribution in [0.4, 0.5) is 5.69 Å². The van der Waals surface area contributed by atoms with Crippen LogP contribution < -0.4 is 5.32 Å². The van der Waals surface area contributed by atoms with Gasteiger partial charge < -0.3 is 14.6 Å². The van der Waals surface area contributed by atoms with E-state index in [1.165, 1.54) is 11.8 Å². The second-order valence-corrected chi connectivity index (χ2v) is 8.34. The molecule has 0 saturated heterocycles. The number of hydrogen-bond donors (Lipinski definition) is 1. The van der Waals surface area contributed by atoms with Gasteiger partial charge in [-0.05, 0) is 29.9 Å². The lowest BCUT2D eigenvalue weighted by molar-refractivity contribution is -0.142. The van der Waals surface area contributed by atoms with Crippen molar-refractivity contribution in [2.45, 2.75) is 58.0 Å². The molecule has 0 unspecified atom stereocenters. The molecule has 1 aromatic heterocycles. The van der Waals surface area contributed by atoms with E-state index in [0.29, 0.717) is 29.4 Å². The van der Waals surface area contributed by atoms with Crippen LogP contribution in [0.5, 0.6) is 0 Å². The molecular formula is C21H30N4O3S. The Balaban J connectivity index is 2.06. The number of aromatic nitrogens is 3. The molecule has 0 aliphatic heterocycles. The molecule has 0 radical (unpaired) electrons. The number of ether oxygens (including phenoxy) is 1. The van der Waals surface area contributed by atoms with E-state index < -0.39 is 0 Å². The van der Waals surface area contributed by atoms with Gasteiger partial charge in [-0.15, -0.1) is 10.2 Å². The Morgan fingerprint density at radius 3 is 2.31 bits per heavy atom. The summed E-state index contributed by atoms with van der Waals surface area (Å²) in [5.74, 6) is 0.888. The zero-order valence-corrected chi connectivity index (χ0v) is 18.8. The first-order valence-electron chi connectivity index (χ1n) is 9.83. The maximum absolute atomic E-state index is 12.7. The fourth-order valence-electron chi connectivity index (χ4n) is 2.97. The Labute approximate surface area is 176 Å². The Kier molecular flexibility index (Phi) is 8.25. The summed E-state index contributed by atoms with van der Waals surface area (Å²) in [4.78, 5) is 24.3. The summed E-state index contributed by atoms with van der Waals surface area (Å²) in [6.07, 6.45) is 0.0591. The van der Waals surface area contributed by atoms with E-state index >= 15 is 0 Å². The summed E-state index contributed by atoms with van der Waals surface area (Å²) in [5, 5.41) is 11.8. The number of carbonyl (C=O) groups excluding carboxylic acids is 2. The Morgan fingerprint density at radius 1 is 1.14 bits per heavy atom. The highest BCUT2D eigenvalue weighted by molar-refractivity contribution is 7.99. The molecule has 0 atom stereocenters. The molecule has 1 heterocycles. The van der Waals surface area contributed by atoms with Crippen LogP contribution in [0.25, 0.3) is 0 Å². The molecule has 2 aromatic rings. The normalized spacial score (nSPS) is 11.2. The van der Waals surface area contributed by atoms with Crippen molar-refractivity contribution in [1.29, 1.82) is 0 Å². The molecule has 0 spiro atoms. The molecule has 0 fully saturated rings. The number of amides is 1. The number of nitrogens with one attached hydrogen (secondary N) is 1. The molecule has 0 aliphatic carbocycles. The number of thioether (sulfide) groups is 1. The predicted octanol–water partition coefficient (Wildman–Crippen LogP) is 3.90. The fourth-order valence-corrected chi connectivity index (χ4v) is 3.70. The van der Waals surface area contributed by atoms with Gasteiger partial charge in [-0.25, -0.2) is 0 Å². The molecule has 1 N–H and O–H groups in total. The van der Waals surface area contributed by atoms with Gasteiger partial charge in [0.05, 0.1) is 12.4 Å². The average molecular weight is 419 g/mol. The van der Waals surface area contributed by atoms with Gasteiger partial charge in [0.1, 0.15) is 12.2 Å². The summed E-state index contributed by atoms with van der Waals surface area (Å²) in [5.41, 5.74) is 3.17. The predicted molar refractivity (Wildman–Crippen MR) is 115 cm³/mol. The largest absolute Gasteiger partial charge is 0.466 e. The van der Waals surface area contributed by atoms with Gasteiger partial charge in [0, 0.05) is 12.7 Å². The average Bonchev–Trinajstić information content (AvgIpc) is 2.99. The van der Waals surface area contributed by atoms with Crippen molar-refractivity contribution in [3.05, 3.63) is 35.2 Å². The maximum atomic E-state index is 12.7. The van der Waals surface area contributed by atoms with E-state index in [4.69, 9.17) is 4.74 Å². The second-order valence-electron chi connectivity index (χ2n) is 7.40. The van der Waals surface area contributed by atoms with E-state index in [0.717, 1.165) is 16.8 Å². The SMILES string of the molecule is CCOC(=O)Cc1nnc(SCC(=O)Nc2c(C(C)C)cccc2C(C)C)n1C. The Bertz CT molecular complexity index is 835. The van der Waals surface area contributed by atoms with Crippen LogP contribution in [-0.4, -0.2) is 39.0 Å². The molecule has 29 heavy (non-hydrogen) atoms. The van der Waals surface area contributed by atoms with E-state index in [2.05, 4.69) is 55.3 Å². The molecular weight excluding hydrogens is 388 g/mol. The first kappa shape index (κ1) is 22.9. The molecule has 0 bridgehead atoms. The number of hydrogen-bond acceptors (Lipinski definition) is 6. The van der Waals surface area contributed by atoms with Gasteiger partial charge in [0.2, 0.25) is 5.91 Å². The number of benzene rings is 1. The van der Waals surface area contributed by atoms with Crippen molar-refractivity contribution < 1.29 is 14.3 Å². The third kappa shape index (κ3) is 6.06. The number of anilines is 1. The van der Waals surface area contributed by atoms with Crippen molar-refractivity contribution in [1.82, 2.24) is 14.8 Å². The minimum atomic E-state index is -0.344. The minimum absolute atomic E-state index is 0.0591. The highest BCUT2D eigenvalue weighted by atomic mass is 32.2. The molecule has 1 aromatic carbocycles. The van der Waals surface area contributed by atoms with Crippen molar-refractivity contribution in [3.63, 3.8) is 0 Å². The fraction of sp³-hybridized carbons (Fsp3) is 0.524. The molecule has 0 aliphatic rings. The van der Waals surface area contributed by atoms with Gasteiger partial charge >= 0.3 is 5.97 Å². The lowest BCUT2D eigenvalue weighted by Gasteiger charge is -2.20. The zero-order chi connectivity index (χ0) is 21.6.